The first-order chi connectivity index (χ1) is 10.1. The van der Waals surface area contributed by atoms with Crippen LogP contribution in [-0.2, 0) is 6.54 Å². The average molecular weight is 349 g/mol. The molecule has 21 heavy (non-hydrogen) atoms. The molecule has 0 aliphatic carbocycles. The number of carbonyl (C=O) groups excluding carboxylic acids is 2. The Balaban J connectivity index is 1.92. The molecule has 2 aromatic rings. The van der Waals surface area contributed by atoms with Crippen LogP contribution in [-0.4, -0.2) is 11.8 Å². The summed E-state index contributed by atoms with van der Waals surface area (Å²) >= 11 is 3.38. The zero-order chi connectivity index (χ0) is 15.0. The molecule has 6 heteroatoms. The van der Waals surface area contributed by atoms with Crippen LogP contribution in [0.3, 0.4) is 0 Å². The summed E-state index contributed by atoms with van der Waals surface area (Å²) in [5.41, 5.74) is 2.04. The first kappa shape index (κ1) is 13.8. The maximum absolute atomic E-state index is 12.9. The molecule has 0 fully saturated rings. The van der Waals surface area contributed by atoms with Crippen molar-refractivity contribution in [3.63, 3.8) is 0 Å². The summed E-state index contributed by atoms with van der Waals surface area (Å²) in [5.74, 6) is -1.02. The monoisotopic (exact) mass is 348 g/mol. The minimum atomic E-state index is -0.407. The fraction of sp³-hybridized carbons (Fsp3) is 0.0667. The van der Waals surface area contributed by atoms with E-state index < -0.39 is 5.82 Å². The Bertz CT molecular complexity index is 744. The number of fused-ring (bicyclic) bond motifs is 1. The van der Waals surface area contributed by atoms with Gasteiger partial charge in [-0.15, -0.1) is 0 Å². The number of rotatable bonds is 2. The van der Waals surface area contributed by atoms with Crippen molar-refractivity contribution in [2.45, 2.75) is 6.54 Å². The van der Waals surface area contributed by atoms with Crippen LogP contribution in [0.1, 0.15) is 26.3 Å². The summed E-state index contributed by atoms with van der Waals surface area (Å²) in [6.45, 7) is 0.426. The molecule has 3 rings (SSSR count). The Hall–Kier alpha value is -2.21. The molecule has 0 saturated carbocycles. The molecule has 106 valence electrons. The van der Waals surface area contributed by atoms with Gasteiger partial charge in [-0.25, -0.2) is 4.39 Å². The second-order valence-corrected chi connectivity index (χ2v) is 5.45. The number of nitrogens with one attached hydrogen (secondary N) is 2. The van der Waals surface area contributed by atoms with E-state index in [1.807, 2.05) is 0 Å². The van der Waals surface area contributed by atoms with E-state index in [9.17, 15) is 14.0 Å². The smallest absolute Gasteiger partial charge is 0.255 e. The van der Waals surface area contributed by atoms with Gasteiger partial charge in [0.15, 0.2) is 0 Å². The molecule has 0 saturated heterocycles. The fourth-order valence-corrected chi connectivity index (χ4v) is 2.68. The number of carbonyl (C=O) groups is 2. The SMILES string of the molecule is O=C(Nc1ccc(Br)c2c1C(=O)NC2)c1ccc(F)cc1. The van der Waals surface area contributed by atoms with E-state index in [0.29, 0.717) is 23.4 Å². The molecule has 1 aliphatic rings. The predicted octanol–water partition coefficient (Wildman–Crippen LogP) is 3.08. The Morgan fingerprint density at radius 3 is 2.62 bits per heavy atom. The van der Waals surface area contributed by atoms with E-state index in [0.717, 1.165) is 10.0 Å². The van der Waals surface area contributed by atoms with Crippen LogP contribution in [0.4, 0.5) is 10.1 Å². The maximum Gasteiger partial charge on any atom is 0.255 e. The zero-order valence-corrected chi connectivity index (χ0v) is 12.3. The highest BCUT2D eigenvalue weighted by molar-refractivity contribution is 9.10. The first-order valence-corrected chi connectivity index (χ1v) is 7.02. The van der Waals surface area contributed by atoms with Gasteiger partial charge in [0, 0.05) is 22.1 Å². The van der Waals surface area contributed by atoms with Crippen LogP contribution in [0.25, 0.3) is 0 Å². The van der Waals surface area contributed by atoms with Gasteiger partial charge in [0.25, 0.3) is 11.8 Å². The van der Waals surface area contributed by atoms with Crippen LogP contribution >= 0.6 is 15.9 Å². The Morgan fingerprint density at radius 1 is 1.19 bits per heavy atom. The molecule has 1 aliphatic heterocycles. The fourth-order valence-electron chi connectivity index (χ4n) is 2.21. The third-order valence-corrected chi connectivity index (χ3v) is 4.01. The molecule has 0 unspecified atom stereocenters. The molecule has 1 heterocycles. The summed E-state index contributed by atoms with van der Waals surface area (Å²) < 4.78 is 13.7. The van der Waals surface area contributed by atoms with Gasteiger partial charge < -0.3 is 10.6 Å². The number of benzene rings is 2. The quantitative estimate of drug-likeness (QED) is 0.876. The topological polar surface area (TPSA) is 58.2 Å². The van der Waals surface area contributed by atoms with E-state index in [2.05, 4.69) is 26.6 Å². The molecule has 0 radical (unpaired) electrons. The van der Waals surface area contributed by atoms with Crippen molar-refractivity contribution in [1.29, 1.82) is 0 Å². The van der Waals surface area contributed by atoms with Crippen LogP contribution in [0, 0.1) is 5.82 Å². The van der Waals surface area contributed by atoms with Gasteiger partial charge in [0.05, 0.1) is 11.3 Å². The van der Waals surface area contributed by atoms with Crippen molar-refractivity contribution in [2.75, 3.05) is 5.32 Å². The summed E-state index contributed by atoms with van der Waals surface area (Å²) in [6, 6.07) is 8.66. The Labute approximate surface area is 128 Å². The highest BCUT2D eigenvalue weighted by Gasteiger charge is 2.25. The van der Waals surface area contributed by atoms with Crippen molar-refractivity contribution in [1.82, 2.24) is 5.32 Å². The van der Waals surface area contributed by atoms with E-state index in [1.165, 1.54) is 24.3 Å². The minimum Gasteiger partial charge on any atom is -0.348 e. The highest BCUT2D eigenvalue weighted by atomic mass is 79.9. The second-order valence-electron chi connectivity index (χ2n) is 4.59. The van der Waals surface area contributed by atoms with Crippen LogP contribution < -0.4 is 10.6 Å². The molecule has 2 N–H and O–H groups in total. The highest BCUT2D eigenvalue weighted by Crippen LogP contribution is 2.31. The summed E-state index contributed by atoms with van der Waals surface area (Å²) in [4.78, 5) is 24.0. The Morgan fingerprint density at radius 2 is 1.90 bits per heavy atom. The lowest BCUT2D eigenvalue weighted by molar-refractivity contribution is 0.0966. The molecular weight excluding hydrogens is 339 g/mol. The van der Waals surface area contributed by atoms with Gasteiger partial charge in [-0.1, -0.05) is 15.9 Å². The third-order valence-electron chi connectivity index (χ3n) is 3.26. The third kappa shape index (κ3) is 2.54. The van der Waals surface area contributed by atoms with E-state index in [1.54, 1.807) is 12.1 Å². The molecule has 0 aromatic heterocycles. The van der Waals surface area contributed by atoms with Crippen molar-refractivity contribution in [3.8, 4) is 0 Å². The molecule has 2 aromatic carbocycles. The van der Waals surface area contributed by atoms with Gasteiger partial charge >= 0.3 is 0 Å². The first-order valence-electron chi connectivity index (χ1n) is 6.23. The summed E-state index contributed by atoms with van der Waals surface area (Å²) in [7, 11) is 0. The molecule has 2 amide bonds. The van der Waals surface area contributed by atoms with E-state index in [4.69, 9.17) is 0 Å². The number of halogens is 2. The Kier molecular flexibility index (Phi) is 3.47. The lowest BCUT2D eigenvalue weighted by atomic mass is 10.1. The summed E-state index contributed by atoms with van der Waals surface area (Å²) in [6.07, 6.45) is 0. The number of anilines is 1. The lowest BCUT2D eigenvalue weighted by Gasteiger charge is -2.10. The average Bonchev–Trinajstić information content (AvgIpc) is 2.86. The normalized spacial score (nSPS) is 12.8. The molecule has 0 bridgehead atoms. The molecule has 4 nitrogen and oxygen atoms in total. The predicted molar refractivity (Wildman–Crippen MR) is 79.7 cm³/mol. The van der Waals surface area contributed by atoms with Gasteiger partial charge in [-0.2, -0.15) is 0 Å². The van der Waals surface area contributed by atoms with Crippen molar-refractivity contribution < 1.29 is 14.0 Å². The van der Waals surface area contributed by atoms with Gasteiger partial charge in [0.1, 0.15) is 5.82 Å². The van der Waals surface area contributed by atoms with Crippen molar-refractivity contribution >= 4 is 33.4 Å². The maximum atomic E-state index is 12.9. The van der Waals surface area contributed by atoms with Gasteiger partial charge in [0.2, 0.25) is 0 Å². The number of amides is 2. The summed E-state index contributed by atoms with van der Waals surface area (Å²) in [5, 5.41) is 5.41. The largest absolute Gasteiger partial charge is 0.348 e. The molecular formula is C15H10BrFN2O2. The molecule has 0 spiro atoms. The van der Waals surface area contributed by atoms with E-state index in [-0.39, 0.29) is 11.8 Å². The number of hydrogen-bond donors (Lipinski definition) is 2. The van der Waals surface area contributed by atoms with Crippen LogP contribution in [0.5, 0.6) is 0 Å². The van der Waals surface area contributed by atoms with Gasteiger partial charge in [-0.05, 0) is 36.4 Å². The van der Waals surface area contributed by atoms with Gasteiger partial charge in [-0.3, -0.25) is 9.59 Å². The van der Waals surface area contributed by atoms with E-state index >= 15 is 0 Å². The van der Waals surface area contributed by atoms with Crippen LogP contribution in [0.2, 0.25) is 0 Å². The lowest BCUT2D eigenvalue weighted by Crippen LogP contribution is -2.17. The van der Waals surface area contributed by atoms with Crippen LogP contribution in [0.15, 0.2) is 40.9 Å². The second kappa shape index (κ2) is 5.29. The minimum absolute atomic E-state index is 0.222. The van der Waals surface area contributed by atoms with Crippen molar-refractivity contribution in [2.24, 2.45) is 0 Å². The zero-order valence-electron chi connectivity index (χ0n) is 10.7. The van der Waals surface area contributed by atoms with Crippen molar-refractivity contribution in [3.05, 3.63) is 63.4 Å². The number of hydrogen-bond acceptors (Lipinski definition) is 2. The molecule has 0 atom stereocenters. The standard InChI is InChI=1S/C15H10BrFN2O2/c16-11-5-6-12(13-10(11)7-18-15(13)21)19-14(20)8-1-3-9(17)4-2-8/h1-6H,7H2,(H,18,21)(H,19,20).